The van der Waals surface area contributed by atoms with Crippen molar-refractivity contribution in [2.75, 3.05) is 13.7 Å². The number of para-hydroxylation sites is 1. The topological polar surface area (TPSA) is 47.6 Å². The van der Waals surface area contributed by atoms with Gasteiger partial charge in [0.05, 0.1) is 13.2 Å². The van der Waals surface area contributed by atoms with Gasteiger partial charge < -0.3 is 14.8 Å². The number of ether oxygens (including phenoxy) is 2. The molecule has 0 aliphatic rings. The largest absolute Gasteiger partial charge is 0.497 e. The van der Waals surface area contributed by atoms with Gasteiger partial charge in [0.25, 0.3) is 5.91 Å². The molecular formula is C22H29NO3. The first-order chi connectivity index (χ1) is 12.3. The lowest BCUT2D eigenvalue weighted by atomic mass is 9.86. The lowest BCUT2D eigenvalue weighted by Crippen LogP contribution is -2.32. The number of carbonyl (C=O) groups excluding carboxylic acids is 1. The van der Waals surface area contributed by atoms with Gasteiger partial charge in [0.15, 0.2) is 6.61 Å². The number of amides is 1. The number of benzene rings is 2. The maximum atomic E-state index is 12.4. The highest BCUT2D eigenvalue weighted by Gasteiger charge is 2.19. The molecule has 0 fully saturated rings. The van der Waals surface area contributed by atoms with Gasteiger partial charge in [0.2, 0.25) is 0 Å². The SMILES string of the molecule is CC[C@H](NC(=O)COc1ccccc1C(C)(C)C)c1ccc(OC)cc1. The van der Waals surface area contributed by atoms with Crippen molar-refractivity contribution in [2.24, 2.45) is 0 Å². The van der Waals surface area contributed by atoms with E-state index >= 15 is 0 Å². The van der Waals surface area contributed by atoms with Gasteiger partial charge >= 0.3 is 0 Å². The summed E-state index contributed by atoms with van der Waals surface area (Å²) in [6.07, 6.45) is 0.802. The minimum atomic E-state index is -0.128. The Balaban J connectivity index is 1.99. The molecule has 4 heteroatoms. The first-order valence-corrected chi connectivity index (χ1v) is 9.00. The molecule has 0 spiro atoms. The van der Waals surface area contributed by atoms with E-state index in [-0.39, 0.29) is 24.0 Å². The van der Waals surface area contributed by atoms with Crippen LogP contribution in [0.25, 0.3) is 0 Å². The number of hydrogen-bond acceptors (Lipinski definition) is 3. The van der Waals surface area contributed by atoms with Crippen molar-refractivity contribution in [3.05, 3.63) is 59.7 Å². The van der Waals surface area contributed by atoms with Crippen molar-refractivity contribution in [2.45, 2.75) is 45.6 Å². The van der Waals surface area contributed by atoms with Crippen LogP contribution in [0.5, 0.6) is 11.5 Å². The third kappa shape index (κ3) is 5.25. The quantitative estimate of drug-likeness (QED) is 0.787. The Morgan fingerprint density at radius 3 is 2.31 bits per heavy atom. The number of nitrogens with one attached hydrogen (secondary N) is 1. The van der Waals surface area contributed by atoms with Crippen LogP contribution in [0.3, 0.4) is 0 Å². The molecule has 1 N–H and O–H groups in total. The fraction of sp³-hybridized carbons (Fsp3) is 0.409. The molecule has 0 saturated heterocycles. The van der Waals surface area contributed by atoms with E-state index in [1.165, 1.54) is 0 Å². The van der Waals surface area contributed by atoms with E-state index in [1.807, 2.05) is 55.5 Å². The maximum Gasteiger partial charge on any atom is 0.258 e. The molecule has 0 heterocycles. The summed E-state index contributed by atoms with van der Waals surface area (Å²) in [5.41, 5.74) is 2.11. The molecule has 2 rings (SSSR count). The van der Waals surface area contributed by atoms with Crippen LogP contribution < -0.4 is 14.8 Å². The lowest BCUT2D eigenvalue weighted by Gasteiger charge is -2.23. The number of hydrogen-bond donors (Lipinski definition) is 1. The fourth-order valence-electron chi connectivity index (χ4n) is 2.85. The van der Waals surface area contributed by atoms with E-state index in [1.54, 1.807) is 7.11 Å². The van der Waals surface area contributed by atoms with Gasteiger partial charge in [-0.3, -0.25) is 4.79 Å². The number of rotatable bonds is 7. The second-order valence-electron chi connectivity index (χ2n) is 7.34. The highest BCUT2D eigenvalue weighted by Crippen LogP contribution is 2.30. The Hall–Kier alpha value is -2.49. The molecule has 0 saturated carbocycles. The normalized spacial score (nSPS) is 12.3. The van der Waals surface area contributed by atoms with Crippen molar-refractivity contribution in [1.82, 2.24) is 5.32 Å². The van der Waals surface area contributed by atoms with Gasteiger partial charge in [0, 0.05) is 0 Å². The van der Waals surface area contributed by atoms with Gasteiger partial charge in [-0.2, -0.15) is 0 Å². The first-order valence-electron chi connectivity index (χ1n) is 9.00. The molecule has 2 aromatic carbocycles. The Bertz CT molecular complexity index is 717. The van der Waals surface area contributed by atoms with Crippen molar-refractivity contribution >= 4 is 5.91 Å². The minimum Gasteiger partial charge on any atom is -0.497 e. The predicted molar refractivity (Wildman–Crippen MR) is 105 cm³/mol. The Morgan fingerprint density at radius 2 is 1.73 bits per heavy atom. The maximum absolute atomic E-state index is 12.4. The number of methoxy groups -OCH3 is 1. The van der Waals surface area contributed by atoms with Gasteiger partial charge in [-0.15, -0.1) is 0 Å². The van der Waals surface area contributed by atoms with Crippen LogP contribution in [0.4, 0.5) is 0 Å². The Kier molecular flexibility index (Phi) is 6.67. The molecule has 2 aromatic rings. The van der Waals surface area contributed by atoms with Crippen molar-refractivity contribution in [3.63, 3.8) is 0 Å². The van der Waals surface area contributed by atoms with Gasteiger partial charge in [-0.25, -0.2) is 0 Å². The van der Waals surface area contributed by atoms with Gasteiger partial charge in [-0.1, -0.05) is 58.0 Å². The third-order valence-corrected chi connectivity index (χ3v) is 4.32. The summed E-state index contributed by atoms with van der Waals surface area (Å²) in [5, 5.41) is 3.04. The summed E-state index contributed by atoms with van der Waals surface area (Å²) in [6.45, 7) is 8.44. The van der Waals surface area contributed by atoms with Gasteiger partial charge in [-0.05, 0) is 41.2 Å². The van der Waals surface area contributed by atoms with E-state index in [2.05, 4.69) is 26.1 Å². The van der Waals surface area contributed by atoms with E-state index in [4.69, 9.17) is 9.47 Å². The molecule has 1 amide bonds. The molecule has 0 radical (unpaired) electrons. The summed E-state index contributed by atoms with van der Waals surface area (Å²) in [4.78, 5) is 12.4. The first kappa shape index (κ1) is 19.8. The monoisotopic (exact) mass is 355 g/mol. The summed E-state index contributed by atoms with van der Waals surface area (Å²) in [5.74, 6) is 1.43. The Morgan fingerprint density at radius 1 is 1.08 bits per heavy atom. The smallest absolute Gasteiger partial charge is 0.258 e. The van der Waals surface area contributed by atoms with Crippen LogP contribution >= 0.6 is 0 Å². The highest BCUT2D eigenvalue weighted by atomic mass is 16.5. The molecule has 26 heavy (non-hydrogen) atoms. The van der Waals surface area contributed by atoms with E-state index in [0.29, 0.717) is 0 Å². The highest BCUT2D eigenvalue weighted by molar-refractivity contribution is 5.78. The van der Waals surface area contributed by atoms with E-state index in [0.717, 1.165) is 29.0 Å². The van der Waals surface area contributed by atoms with Crippen molar-refractivity contribution in [3.8, 4) is 11.5 Å². The zero-order chi connectivity index (χ0) is 19.2. The third-order valence-electron chi connectivity index (χ3n) is 4.32. The summed E-state index contributed by atoms with van der Waals surface area (Å²) in [6, 6.07) is 15.6. The molecule has 0 bridgehead atoms. The van der Waals surface area contributed by atoms with E-state index < -0.39 is 0 Å². The van der Waals surface area contributed by atoms with Crippen molar-refractivity contribution < 1.29 is 14.3 Å². The summed E-state index contributed by atoms with van der Waals surface area (Å²) >= 11 is 0. The molecule has 0 aliphatic carbocycles. The average molecular weight is 355 g/mol. The average Bonchev–Trinajstić information content (AvgIpc) is 2.64. The second-order valence-corrected chi connectivity index (χ2v) is 7.34. The molecule has 0 unspecified atom stereocenters. The molecule has 140 valence electrons. The van der Waals surface area contributed by atoms with Crippen LogP contribution in [0.1, 0.15) is 51.3 Å². The molecule has 0 aliphatic heterocycles. The lowest BCUT2D eigenvalue weighted by molar-refractivity contribution is -0.123. The fourth-order valence-corrected chi connectivity index (χ4v) is 2.85. The van der Waals surface area contributed by atoms with Crippen LogP contribution in [0.15, 0.2) is 48.5 Å². The minimum absolute atomic E-state index is 0.000250. The van der Waals surface area contributed by atoms with E-state index in [9.17, 15) is 4.79 Å². The second kappa shape index (κ2) is 8.75. The van der Waals surface area contributed by atoms with Gasteiger partial charge in [0.1, 0.15) is 11.5 Å². The predicted octanol–water partition coefficient (Wildman–Crippen LogP) is 4.64. The molecule has 1 atom stereocenters. The summed E-state index contributed by atoms with van der Waals surface area (Å²) in [7, 11) is 1.64. The van der Waals surface area contributed by atoms with Crippen molar-refractivity contribution in [1.29, 1.82) is 0 Å². The molecular weight excluding hydrogens is 326 g/mol. The van der Waals surface area contributed by atoms with Crippen LogP contribution in [0.2, 0.25) is 0 Å². The van der Waals surface area contributed by atoms with Crippen LogP contribution in [-0.4, -0.2) is 19.6 Å². The van der Waals surface area contributed by atoms with Crippen LogP contribution in [0, 0.1) is 0 Å². The number of carbonyl (C=O) groups is 1. The standard InChI is InChI=1S/C22H29NO3/c1-6-19(16-11-13-17(25-5)14-12-16)23-21(24)15-26-20-10-8-7-9-18(20)22(2,3)4/h7-14,19H,6,15H2,1-5H3,(H,23,24)/t19-/m0/s1. The zero-order valence-electron chi connectivity index (χ0n) is 16.3. The molecule has 0 aromatic heterocycles. The summed E-state index contributed by atoms with van der Waals surface area (Å²) < 4.78 is 11.0. The molecule has 4 nitrogen and oxygen atoms in total. The Labute approximate surface area is 156 Å². The zero-order valence-corrected chi connectivity index (χ0v) is 16.3. The van der Waals surface area contributed by atoms with Crippen LogP contribution in [-0.2, 0) is 10.2 Å².